The molecule has 0 fully saturated rings. The maximum atomic E-state index is 13.9. The Hall–Kier alpha value is -1.45. The van der Waals surface area contributed by atoms with Gasteiger partial charge in [-0.2, -0.15) is 0 Å². The van der Waals surface area contributed by atoms with E-state index in [4.69, 9.17) is 10.5 Å². The van der Waals surface area contributed by atoms with Gasteiger partial charge in [-0.1, -0.05) is 20.8 Å². The number of benzene rings is 1. The lowest BCUT2D eigenvalue weighted by molar-refractivity contribution is 0.231. The van der Waals surface area contributed by atoms with Crippen molar-refractivity contribution in [2.24, 2.45) is 5.41 Å². The van der Waals surface area contributed by atoms with Crippen LogP contribution in [-0.2, 0) is 0 Å². The van der Waals surface area contributed by atoms with Gasteiger partial charge >= 0.3 is 0 Å². The minimum Gasteiger partial charge on any atom is -0.488 e. The largest absolute Gasteiger partial charge is 0.488 e. The second-order valence-corrected chi connectivity index (χ2v) is 6.66. The number of ether oxygens (including phenoxy) is 1. The predicted octanol–water partition coefficient (Wildman–Crippen LogP) is 4.07. The smallest absolute Gasteiger partial charge is 0.167 e. The number of nitrogens with zero attached hydrogens (tertiary/aromatic N) is 1. The quantitative estimate of drug-likeness (QED) is 0.846. The second kappa shape index (κ2) is 5.90. The van der Waals surface area contributed by atoms with Gasteiger partial charge in [-0.25, -0.2) is 4.39 Å². The molecule has 0 heterocycles. The number of nitrogen functional groups attached to an aromatic ring is 1. The van der Waals surface area contributed by atoms with E-state index in [1.165, 1.54) is 6.07 Å². The van der Waals surface area contributed by atoms with Crippen LogP contribution in [0.5, 0.6) is 5.75 Å². The Morgan fingerprint density at radius 2 is 1.75 bits per heavy atom. The van der Waals surface area contributed by atoms with E-state index in [2.05, 4.69) is 32.6 Å². The Bertz CT molecular complexity index is 466. The summed E-state index contributed by atoms with van der Waals surface area (Å²) in [7, 11) is 1.97. The predicted molar refractivity (Wildman–Crippen MR) is 83.9 cm³/mol. The monoisotopic (exact) mass is 282 g/mol. The van der Waals surface area contributed by atoms with Crippen molar-refractivity contribution in [2.45, 2.75) is 53.7 Å². The van der Waals surface area contributed by atoms with Gasteiger partial charge < -0.3 is 15.4 Å². The average Bonchev–Trinajstić information content (AvgIpc) is 2.29. The first-order valence-corrected chi connectivity index (χ1v) is 7.02. The molecule has 4 heteroatoms. The number of rotatable bonds is 4. The zero-order valence-electron chi connectivity index (χ0n) is 13.6. The van der Waals surface area contributed by atoms with Gasteiger partial charge in [0.2, 0.25) is 0 Å². The van der Waals surface area contributed by atoms with E-state index in [-0.39, 0.29) is 23.3 Å². The molecule has 0 amide bonds. The summed E-state index contributed by atoms with van der Waals surface area (Å²) in [6.45, 7) is 12.4. The van der Waals surface area contributed by atoms with Crippen molar-refractivity contribution in [1.82, 2.24) is 0 Å². The Kier molecular flexibility index (Phi) is 4.90. The van der Waals surface area contributed by atoms with E-state index >= 15 is 0 Å². The molecule has 1 aromatic rings. The zero-order chi connectivity index (χ0) is 15.7. The van der Waals surface area contributed by atoms with Crippen LogP contribution < -0.4 is 15.4 Å². The summed E-state index contributed by atoms with van der Waals surface area (Å²) in [5.74, 6) is -0.172. The highest BCUT2D eigenvalue weighted by atomic mass is 19.1. The Morgan fingerprint density at radius 1 is 1.20 bits per heavy atom. The van der Waals surface area contributed by atoms with Crippen LogP contribution in [0.1, 0.15) is 41.5 Å². The summed E-state index contributed by atoms with van der Waals surface area (Å²) < 4.78 is 19.4. The summed E-state index contributed by atoms with van der Waals surface area (Å²) in [6, 6.07) is 3.27. The third-order valence-corrected chi connectivity index (χ3v) is 3.66. The molecule has 1 aromatic carbocycles. The molecular formula is C16H27FN2O. The maximum Gasteiger partial charge on any atom is 0.167 e. The summed E-state index contributed by atoms with van der Waals surface area (Å²) in [5, 5.41) is 0. The molecule has 0 radical (unpaired) electrons. The first kappa shape index (κ1) is 16.6. The van der Waals surface area contributed by atoms with Crippen molar-refractivity contribution < 1.29 is 9.13 Å². The molecule has 114 valence electrons. The van der Waals surface area contributed by atoms with Crippen LogP contribution in [0.4, 0.5) is 15.8 Å². The topological polar surface area (TPSA) is 38.5 Å². The fraction of sp³-hybridized carbons (Fsp3) is 0.625. The van der Waals surface area contributed by atoms with Gasteiger partial charge in [-0.3, -0.25) is 0 Å². The molecule has 0 saturated heterocycles. The van der Waals surface area contributed by atoms with Gasteiger partial charge in [0.1, 0.15) is 0 Å². The lowest BCUT2D eigenvalue weighted by Crippen LogP contribution is -2.39. The third-order valence-electron chi connectivity index (χ3n) is 3.66. The van der Waals surface area contributed by atoms with Crippen LogP contribution in [0.25, 0.3) is 0 Å². The molecule has 0 aliphatic heterocycles. The van der Waals surface area contributed by atoms with Crippen LogP contribution >= 0.6 is 0 Å². The molecule has 1 unspecified atom stereocenters. The molecule has 0 saturated carbocycles. The maximum absolute atomic E-state index is 13.9. The summed E-state index contributed by atoms with van der Waals surface area (Å²) >= 11 is 0. The molecule has 0 aromatic heterocycles. The van der Waals surface area contributed by atoms with Gasteiger partial charge in [0.05, 0.1) is 17.5 Å². The van der Waals surface area contributed by atoms with Crippen molar-refractivity contribution in [3.05, 3.63) is 17.9 Å². The van der Waals surface area contributed by atoms with Crippen LogP contribution in [0.2, 0.25) is 0 Å². The fourth-order valence-electron chi connectivity index (χ4n) is 2.00. The molecule has 0 aliphatic carbocycles. The number of hydrogen-bond acceptors (Lipinski definition) is 3. The first-order chi connectivity index (χ1) is 9.04. The van der Waals surface area contributed by atoms with Crippen molar-refractivity contribution in [3.8, 4) is 5.75 Å². The van der Waals surface area contributed by atoms with Crippen molar-refractivity contribution >= 4 is 11.4 Å². The molecule has 3 nitrogen and oxygen atoms in total. The van der Waals surface area contributed by atoms with Gasteiger partial charge in [0, 0.05) is 25.2 Å². The van der Waals surface area contributed by atoms with E-state index in [0.717, 1.165) is 5.69 Å². The Labute approximate surface area is 121 Å². The molecule has 0 spiro atoms. The Morgan fingerprint density at radius 3 is 2.20 bits per heavy atom. The highest BCUT2D eigenvalue weighted by Crippen LogP contribution is 2.35. The molecule has 0 aliphatic rings. The minimum absolute atomic E-state index is 0.0775. The van der Waals surface area contributed by atoms with E-state index in [9.17, 15) is 4.39 Å². The Balaban J connectivity index is 3.17. The summed E-state index contributed by atoms with van der Waals surface area (Å²) in [6.07, 6.45) is -0.0775. The lowest BCUT2D eigenvalue weighted by atomic mass is 9.87. The van der Waals surface area contributed by atoms with Crippen molar-refractivity contribution in [2.75, 3.05) is 17.7 Å². The van der Waals surface area contributed by atoms with Gasteiger partial charge in [0.25, 0.3) is 0 Å². The standard InChI is InChI=1S/C16H27FN2O/c1-10(2)20-15-9-14(13(18)8-12(15)17)19(7)11(3)16(4,5)6/h8-11H,18H2,1-7H3. The number of anilines is 2. The highest BCUT2D eigenvalue weighted by molar-refractivity contribution is 5.70. The molecule has 0 bridgehead atoms. The third kappa shape index (κ3) is 3.78. The van der Waals surface area contributed by atoms with Crippen LogP contribution in [0, 0.1) is 11.2 Å². The van der Waals surface area contributed by atoms with Crippen LogP contribution in [0.15, 0.2) is 12.1 Å². The normalized spacial score (nSPS) is 13.4. The van der Waals surface area contributed by atoms with Crippen molar-refractivity contribution in [1.29, 1.82) is 0 Å². The second-order valence-electron chi connectivity index (χ2n) is 6.66. The van der Waals surface area contributed by atoms with Crippen LogP contribution in [0.3, 0.4) is 0 Å². The zero-order valence-corrected chi connectivity index (χ0v) is 13.6. The molecule has 20 heavy (non-hydrogen) atoms. The van der Waals surface area contributed by atoms with Gasteiger partial charge in [-0.05, 0) is 26.2 Å². The van der Waals surface area contributed by atoms with E-state index in [0.29, 0.717) is 5.69 Å². The summed E-state index contributed by atoms with van der Waals surface area (Å²) in [4.78, 5) is 2.07. The van der Waals surface area contributed by atoms with E-state index in [1.54, 1.807) is 6.07 Å². The SMILES string of the molecule is CC(C)Oc1cc(N(C)C(C)C(C)(C)C)c(N)cc1F. The average molecular weight is 282 g/mol. The number of halogens is 1. The van der Waals surface area contributed by atoms with Gasteiger partial charge in [-0.15, -0.1) is 0 Å². The molecular weight excluding hydrogens is 255 g/mol. The summed E-state index contributed by atoms with van der Waals surface area (Å²) in [5.41, 5.74) is 7.28. The fourth-order valence-corrected chi connectivity index (χ4v) is 2.00. The van der Waals surface area contributed by atoms with Crippen LogP contribution in [-0.4, -0.2) is 19.2 Å². The molecule has 2 N–H and O–H groups in total. The van der Waals surface area contributed by atoms with E-state index < -0.39 is 5.82 Å². The number of nitrogens with two attached hydrogens (primary N) is 1. The lowest BCUT2D eigenvalue weighted by Gasteiger charge is -2.37. The molecule has 1 rings (SSSR count). The van der Waals surface area contributed by atoms with Crippen molar-refractivity contribution in [3.63, 3.8) is 0 Å². The van der Waals surface area contributed by atoms with Gasteiger partial charge in [0.15, 0.2) is 11.6 Å². The molecule has 1 atom stereocenters. The minimum atomic E-state index is -0.420. The highest BCUT2D eigenvalue weighted by Gasteiger charge is 2.26. The van der Waals surface area contributed by atoms with E-state index in [1.807, 2.05) is 20.9 Å². The number of hydrogen-bond donors (Lipinski definition) is 1. The first-order valence-electron chi connectivity index (χ1n) is 7.02.